The molecule has 0 radical (unpaired) electrons. The monoisotopic (exact) mass is 206 g/mol. The van der Waals surface area contributed by atoms with Crippen LogP contribution in [0.1, 0.15) is 0 Å². The predicted octanol–water partition coefficient (Wildman–Crippen LogP) is 0.356. The first kappa shape index (κ1) is 9.32. The van der Waals surface area contributed by atoms with Gasteiger partial charge in [-0.1, -0.05) is 0 Å². The van der Waals surface area contributed by atoms with Crippen LogP contribution in [0.3, 0.4) is 0 Å². The lowest BCUT2D eigenvalue weighted by molar-refractivity contribution is 0.417. The lowest BCUT2D eigenvalue weighted by Gasteiger charge is -2.04. The number of hydrogen-bond donors (Lipinski definition) is 3. The van der Waals surface area contributed by atoms with Crippen molar-refractivity contribution in [1.82, 2.24) is 15.2 Å². The molecule has 6 heteroatoms. The molecule has 0 amide bonds. The number of rotatable bonds is 2. The van der Waals surface area contributed by atoms with E-state index in [1.54, 1.807) is 25.3 Å². The van der Waals surface area contributed by atoms with Crippen LogP contribution >= 0.6 is 0 Å². The molecular weight excluding hydrogens is 196 g/mol. The molecule has 1 heterocycles. The average Bonchev–Trinajstić information content (AvgIpc) is 2.65. The lowest BCUT2D eigenvalue weighted by atomic mass is 10.2. The number of nitrogens with zero attached hydrogens (tertiary/aromatic N) is 1. The normalized spacial score (nSPS) is 10.2. The molecule has 0 spiro atoms. The number of hydrogen-bond acceptors (Lipinski definition) is 4. The van der Waals surface area contributed by atoms with Crippen molar-refractivity contribution in [2.24, 2.45) is 0 Å². The van der Waals surface area contributed by atoms with E-state index in [4.69, 9.17) is 10.5 Å². The molecule has 1 aromatic carbocycles. The topological polar surface area (TPSA) is 96.8 Å². The summed E-state index contributed by atoms with van der Waals surface area (Å²) in [7, 11) is 1.54. The van der Waals surface area contributed by atoms with Crippen molar-refractivity contribution in [3.05, 3.63) is 28.7 Å². The molecule has 15 heavy (non-hydrogen) atoms. The number of benzene rings is 1. The highest BCUT2D eigenvalue weighted by atomic mass is 16.5. The van der Waals surface area contributed by atoms with Crippen molar-refractivity contribution in [3.63, 3.8) is 0 Å². The summed E-state index contributed by atoms with van der Waals surface area (Å²) in [5, 5.41) is 6.08. The summed E-state index contributed by atoms with van der Waals surface area (Å²) in [6.07, 6.45) is 0. The van der Waals surface area contributed by atoms with Gasteiger partial charge in [-0.05, 0) is 18.2 Å². The largest absolute Gasteiger partial charge is 0.495 e. The molecule has 0 atom stereocenters. The Kier molecular flexibility index (Phi) is 2.17. The predicted molar refractivity (Wildman–Crippen MR) is 55.6 cm³/mol. The standard InChI is InChI=1S/C9H10N4O2/c1-15-7-3-2-5(4-6(7)10)8-11-9(14)13-12-8/h2-4H,10H2,1H3,(H2,11,12,13,14). The molecule has 1 aromatic heterocycles. The third-order valence-electron chi connectivity index (χ3n) is 2.00. The van der Waals surface area contributed by atoms with Crippen LogP contribution < -0.4 is 16.2 Å². The number of aromatic amines is 2. The number of methoxy groups -OCH3 is 1. The summed E-state index contributed by atoms with van der Waals surface area (Å²) >= 11 is 0. The Hall–Kier alpha value is -2.24. The van der Waals surface area contributed by atoms with E-state index in [2.05, 4.69) is 15.2 Å². The molecule has 0 saturated heterocycles. The highest BCUT2D eigenvalue weighted by Crippen LogP contribution is 2.25. The average molecular weight is 206 g/mol. The lowest BCUT2D eigenvalue weighted by Crippen LogP contribution is -2.00. The highest BCUT2D eigenvalue weighted by Gasteiger charge is 2.05. The van der Waals surface area contributed by atoms with Gasteiger partial charge in [0.1, 0.15) is 5.75 Å². The van der Waals surface area contributed by atoms with E-state index in [-0.39, 0.29) is 5.69 Å². The Morgan fingerprint density at radius 1 is 1.47 bits per heavy atom. The molecule has 0 fully saturated rings. The number of nitrogen functional groups attached to an aromatic ring is 1. The summed E-state index contributed by atoms with van der Waals surface area (Å²) in [4.78, 5) is 13.4. The van der Waals surface area contributed by atoms with Crippen LogP contribution in [-0.4, -0.2) is 22.3 Å². The number of anilines is 1. The van der Waals surface area contributed by atoms with Crippen LogP contribution in [0.2, 0.25) is 0 Å². The van der Waals surface area contributed by atoms with Crippen LogP contribution in [0.15, 0.2) is 23.0 Å². The van der Waals surface area contributed by atoms with Crippen molar-refractivity contribution in [2.45, 2.75) is 0 Å². The highest BCUT2D eigenvalue weighted by molar-refractivity contribution is 5.65. The van der Waals surface area contributed by atoms with Crippen molar-refractivity contribution in [2.75, 3.05) is 12.8 Å². The Morgan fingerprint density at radius 3 is 2.80 bits per heavy atom. The minimum atomic E-state index is -0.348. The second kappa shape index (κ2) is 3.49. The fraction of sp³-hybridized carbons (Fsp3) is 0.111. The van der Waals surface area contributed by atoms with E-state index < -0.39 is 0 Å². The Balaban J connectivity index is 2.46. The fourth-order valence-corrected chi connectivity index (χ4v) is 1.29. The molecule has 78 valence electrons. The molecule has 2 aromatic rings. The van der Waals surface area contributed by atoms with E-state index in [0.717, 1.165) is 5.56 Å². The van der Waals surface area contributed by atoms with Gasteiger partial charge in [-0.15, -0.1) is 0 Å². The molecule has 0 aliphatic carbocycles. The minimum absolute atomic E-state index is 0.348. The summed E-state index contributed by atoms with van der Waals surface area (Å²) in [6.45, 7) is 0. The summed E-state index contributed by atoms with van der Waals surface area (Å²) in [5.74, 6) is 1.05. The molecular formula is C9H10N4O2. The Labute approximate surface area is 85.1 Å². The van der Waals surface area contributed by atoms with Crippen LogP contribution in [0, 0.1) is 0 Å². The van der Waals surface area contributed by atoms with E-state index in [1.165, 1.54) is 0 Å². The van der Waals surface area contributed by atoms with Crippen LogP contribution in [-0.2, 0) is 0 Å². The van der Waals surface area contributed by atoms with E-state index in [0.29, 0.717) is 17.3 Å². The van der Waals surface area contributed by atoms with Gasteiger partial charge in [-0.3, -0.25) is 4.98 Å². The Bertz CT molecular complexity index is 529. The van der Waals surface area contributed by atoms with E-state index >= 15 is 0 Å². The summed E-state index contributed by atoms with van der Waals surface area (Å²) in [6, 6.07) is 5.17. The smallest absolute Gasteiger partial charge is 0.340 e. The van der Waals surface area contributed by atoms with Gasteiger partial charge < -0.3 is 10.5 Å². The molecule has 0 bridgehead atoms. The molecule has 0 aliphatic rings. The van der Waals surface area contributed by atoms with Gasteiger partial charge in [0.25, 0.3) is 0 Å². The maximum Gasteiger partial charge on any atom is 0.340 e. The van der Waals surface area contributed by atoms with Gasteiger partial charge in [0.05, 0.1) is 12.8 Å². The Morgan fingerprint density at radius 2 is 2.27 bits per heavy atom. The number of H-pyrrole nitrogens is 2. The van der Waals surface area contributed by atoms with Crippen LogP contribution in [0.4, 0.5) is 5.69 Å². The van der Waals surface area contributed by atoms with Gasteiger partial charge in [0, 0.05) is 5.56 Å². The maximum atomic E-state index is 10.8. The van der Waals surface area contributed by atoms with Crippen molar-refractivity contribution in [1.29, 1.82) is 0 Å². The zero-order valence-corrected chi connectivity index (χ0v) is 8.07. The molecule has 0 unspecified atom stereocenters. The number of nitrogens with two attached hydrogens (primary N) is 1. The van der Waals surface area contributed by atoms with Crippen LogP contribution in [0.25, 0.3) is 11.4 Å². The fourth-order valence-electron chi connectivity index (χ4n) is 1.29. The zero-order valence-electron chi connectivity index (χ0n) is 8.07. The van der Waals surface area contributed by atoms with Gasteiger partial charge >= 0.3 is 5.69 Å². The van der Waals surface area contributed by atoms with E-state index in [9.17, 15) is 4.79 Å². The van der Waals surface area contributed by atoms with E-state index in [1.807, 2.05) is 0 Å². The summed E-state index contributed by atoms with van der Waals surface area (Å²) < 4.78 is 5.02. The number of nitrogens with one attached hydrogen (secondary N) is 2. The zero-order chi connectivity index (χ0) is 10.8. The summed E-state index contributed by atoms with van der Waals surface area (Å²) in [5.41, 5.74) is 6.60. The second-order valence-corrected chi connectivity index (χ2v) is 2.98. The molecule has 4 N–H and O–H groups in total. The molecule has 0 saturated carbocycles. The third kappa shape index (κ3) is 1.69. The second-order valence-electron chi connectivity index (χ2n) is 2.98. The van der Waals surface area contributed by atoms with Gasteiger partial charge in [0.15, 0.2) is 5.82 Å². The number of aromatic nitrogens is 3. The quantitative estimate of drug-likeness (QED) is 0.618. The maximum absolute atomic E-state index is 10.8. The van der Waals surface area contributed by atoms with Crippen molar-refractivity contribution < 1.29 is 4.74 Å². The van der Waals surface area contributed by atoms with Crippen molar-refractivity contribution >= 4 is 5.69 Å². The molecule has 2 rings (SSSR count). The van der Waals surface area contributed by atoms with Gasteiger partial charge in [-0.25, -0.2) is 9.89 Å². The molecule has 6 nitrogen and oxygen atoms in total. The first-order chi connectivity index (χ1) is 7.20. The first-order valence-corrected chi connectivity index (χ1v) is 4.29. The first-order valence-electron chi connectivity index (χ1n) is 4.29. The number of ether oxygens (including phenoxy) is 1. The third-order valence-corrected chi connectivity index (χ3v) is 2.00. The molecule has 0 aliphatic heterocycles. The minimum Gasteiger partial charge on any atom is -0.495 e. The van der Waals surface area contributed by atoms with Gasteiger partial charge in [0.2, 0.25) is 0 Å². The van der Waals surface area contributed by atoms with Crippen molar-refractivity contribution in [3.8, 4) is 17.1 Å². The van der Waals surface area contributed by atoms with Crippen LogP contribution in [0.5, 0.6) is 5.75 Å². The SMILES string of the molecule is COc1ccc(-c2n[nH]c(=O)[nH]2)cc1N. The van der Waals surface area contributed by atoms with Gasteiger partial charge in [-0.2, -0.15) is 5.10 Å².